The van der Waals surface area contributed by atoms with Crippen LogP contribution in [0.25, 0.3) is 22.3 Å². The zero-order chi connectivity index (χ0) is 20.5. The summed E-state index contributed by atoms with van der Waals surface area (Å²) in [6, 6.07) is 31.1. The van der Waals surface area contributed by atoms with Gasteiger partial charge in [0.05, 0.1) is 0 Å². The first-order valence-corrected chi connectivity index (χ1v) is 10.1. The van der Waals surface area contributed by atoms with E-state index in [1.54, 1.807) is 6.92 Å². The van der Waals surface area contributed by atoms with E-state index in [0.717, 1.165) is 34.2 Å². The zero-order valence-electron chi connectivity index (χ0n) is 16.8. The van der Waals surface area contributed by atoms with Crippen molar-refractivity contribution in [1.82, 2.24) is 0 Å². The van der Waals surface area contributed by atoms with Crippen molar-refractivity contribution in [1.29, 1.82) is 0 Å². The molecule has 4 aromatic rings. The Morgan fingerprint density at radius 3 is 2.00 bits per heavy atom. The predicted octanol–water partition coefficient (Wildman–Crippen LogP) is 6.53. The highest BCUT2D eigenvalue weighted by Gasteiger charge is 2.17. The van der Waals surface area contributed by atoms with Crippen LogP contribution in [0.4, 0.5) is 0 Å². The van der Waals surface area contributed by atoms with Crippen LogP contribution in [0.15, 0.2) is 91.0 Å². The van der Waals surface area contributed by atoms with Crippen molar-refractivity contribution in [2.45, 2.75) is 13.3 Å². The number of benzene rings is 4. The molecular formula is C29H20O. The molecule has 4 aromatic carbocycles. The minimum Gasteiger partial charge on any atom is -0.295 e. The Hall–Kier alpha value is -3.89. The molecule has 0 aromatic heterocycles. The maximum atomic E-state index is 11.4. The van der Waals surface area contributed by atoms with E-state index in [1.807, 2.05) is 36.4 Å². The van der Waals surface area contributed by atoms with Crippen LogP contribution >= 0.6 is 0 Å². The fraction of sp³-hybridized carbons (Fsp3) is 0.0690. The summed E-state index contributed by atoms with van der Waals surface area (Å²) in [4.78, 5) is 11.4. The number of ketones is 1. The third-order valence-electron chi connectivity index (χ3n) is 5.66. The quantitative estimate of drug-likeness (QED) is 0.250. The van der Waals surface area contributed by atoms with E-state index in [-0.39, 0.29) is 5.78 Å². The topological polar surface area (TPSA) is 17.1 Å². The summed E-state index contributed by atoms with van der Waals surface area (Å²) < 4.78 is 0. The number of Topliss-reactive ketones (excluding diaryl/α,β-unsaturated/α-hetero) is 1. The van der Waals surface area contributed by atoms with Crippen molar-refractivity contribution >= 4 is 5.78 Å². The van der Waals surface area contributed by atoms with Crippen molar-refractivity contribution in [3.8, 4) is 34.1 Å². The van der Waals surface area contributed by atoms with E-state index in [0.29, 0.717) is 0 Å². The first-order valence-electron chi connectivity index (χ1n) is 10.1. The predicted molar refractivity (Wildman–Crippen MR) is 123 cm³/mol. The van der Waals surface area contributed by atoms with Crippen LogP contribution in [0.1, 0.15) is 39.5 Å². The maximum absolute atomic E-state index is 11.4. The molecule has 1 aliphatic carbocycles. The lowest BCUT2D eigenvalue weighted by molar-refractivity contribution is 0.101. The SMILES string of the molecule is CC(=O)c1ccc(-c2ccc(C#Cc3ccc4c(c3)-c3ccccc3C4)cc2)cc1. The maximum Gasteiger partial charge on any atom is 0.159 e. The fourth-order valence-corrected chi connectivity index (χ4v) is 3.99. The fourth-order valence-electron chi connectivity index (χ4n) is 3.99. The van der Waals surface area contributed by atoms with E-state index in [1.165, 1.54) is 22.3 Å². The lowest BCUT2D eigenvalue weighted by Crippen LogP contribution is -1.90. The Morgan fingerprint density at radius 2 is 1.27 bits per heavy atom. The molecule has 0 amide bonds. The van der Waals surface area contributed by atoms with Gasteiger partial charge in [-0.05, 0) is 71.0 Å². The molecule has 5 rings (SSSR count). The average molecular weight is 384 g/mol. The van der Waals surface area contributed by atoms with Crippen LogP contribution in [-0.2, 0) is 6.42 Å². The first kappa shape index (κ1) is 18.2. The average Bonchev–Trinajstić information content (AvgIpc) is 3.16. The smallest absolute Gasteiger partial charge is 0.159 e. The van der Waals surface area contributed by atoms with Crippen molar-refractivity contribution in [2.24, 2.45) is 0 Å². The second-order valence-corrected chi connectivity index (χ2v) is 7.67. The molecule has 0 atom stereocenters. The largest absolute Gasteiger partial charge is 0.295 e. The summed E-state index contributed by atoms with van der Waals surface area (Å²) in [6.07, 6.45) is 1.01. The van der Waals surface area contributed by atoms with Gasteiger partial charge < -0.3 is 0 Å². The van der Waals surface area contributed by atoms with Crippen LogP contribution < -0.4 is 0 Å². The molecule has 30 heavy (non-hydrogen) atoms. The summed E-state index contributed by atoms with van der Waals surface area (Å²) in [5.74, 6) is 6.68. The number of hydrogen-bond acceptors (Lipinski definition) is 1. The number of carbonyl (C=O) groups excluding carboxylic acids is 1. The highest BCUT2D eigenvalue weighted by Crippen LogP contribution is 2.36. The molecule has 142 valence electrons. The Morgan fingerprint density at radius 1 is 0.667 bits per heavy atom. The molecule has 0 heterocycles. The summed E-state index contributed by atoms with van der Waals surface area (Å²) in [7, 11) is 0. The van der Waals surface area contributed by atoms with Gasteiger partial charge in [0.15, 0.2) is 5.78 Å². The third kappa shape index (κ3) is 3.45. The van der Waals surface area contributed by atoms with Gasteiger partial charge in [-0.3, -0.25) is 4.79 Å². The Balaban J connectivity index is 1.38. The van der Waals surface area contributed by atoms with E-state index in [4.69, 9.17) is 0 Å². The van der Waals surface area contributed by atoms with E-state index < -0.39 is 0 Å². The highest BCUT2D eigenvalue weighted by molar-refractivity contribution is 5.94. The summed E-state index contributed by atoms with van der Waals surface area (Å²) in [6.45, 7) is 1.59. The molecule has 0 fully saturated rings. The van der Waals surface area contributed by atoms with E-state index in [9.17, 15) is 4.79 Å². The molecule has 1 heteroatoms. The normalized spacial score (nSPS) is 11.2. The van der Waals surface area contributed by atoms with Gasteiger partial charge in [-0.25, -0.2) is 0 Å². The standard InChI is InChI=1S/C29H20O/c1-20(30)23-14-16-25(17-15-23)24-11-8-21(9-12-24)6-7-22-10-13-27-19-26-4-2-3-5-28(26)29(27)18-22/h2-5,8-18H,19H2,1H3. The van der Waals surface area contributed by atoms with Gasteiger partial charge in [0.2, 0.25) is 0 Å². The molecule has 0 aliphatic heterocycles. The van der Waals surface area contributed by atoms with Crippen molar-refractivity contribution in [3.05, 3.63) is 119 Å². The monoisotopic (exact) mass is 384 g/mol. The zero-order valence-corrected chi connectivity index (χ0v) is 16.8. The molecular weight excluding hydrogens is 364 g/mol. The molecule has 0 spiro atoms. The van der Waals surface area contributed by atoms with Gasteiger partial charge in [-0.1, -0.05) is 78.6 Å². The number of fused-ring (bicyclic) bond motifs is 3. The number of rotatable bonds is 2. The van der Waals surface area contributed by atoms with E-state index >= 15 is 0 Å². The summed E-state index contributed by atoms with van der Waals surface area (Å²) in [5.41, 5.74) is 10.4. The molecule has 1 aliphatic rings. The van der Waals surface area contributed by atoms with Gasteiger partial charge in [0, 0.05) is 16.7 Å². The van der Waals surface area contributed by atoms with Gasteiger partial charge >= 0.3 is 0 Å². The van der Waals surface area contributed by atoms with Gasteiger partial charge in [0.1, 0.15) is 0 Å². The Bertz CT molecular complexity index is 1310. The van der Waals surface area contributed by atoms with Crippen LogP contribution in [-0.4, -0.2) is 5.78 Å². The summed E-state index contributed by atoms with van der Waals surface area (Å²) in [5, 5.41) is 0. The van der Waals surface area contributed by atoms with Crippen molar-refractivity contribution < 1.29 is 4.79 Å². The molecule has 1 nitrogen and oxygen atoms in total. The van der Waals surface area contributed by atoms with Gasteiger partial charge in [-0.2, -0.15) is 0 Å². The molecule has 0 saturated heterocycles. The van der Waals surface area contributed by atoms with Crippen molar-refractivity contribution in [2.75, 3.05) is 0 Å². The lowest BCUT2D eigenvalue weighted by Gasteiger charge is -2.03. The highest BCUT2D eigenvalue weighted by atomic mass is 16.1. The number of carbonyl (C=O) groups is 1. The first-order chi connectivity index (χ1) is 14.7. The molecule has 0 saturated carbocycles. The molecule has 0 unspecified atom stereocenters. The Kier molecular flexibility index (Phi) is 4.54. The van der Waals surface area contributed by atoms with Crippen molar-refractivity contribution in [3.63, 3.8) is 0 Å². The minimum atomic E-state index is 0.0854. The van der Waals surface area contributed by atoms with Gasteiger partial charge in [0.25, 0.3) is 0 Å². The second kappa shape index (κ2) is 7.50. The third-order valence-corrected chi connectivity index (χ3v) is 5.66. The lowest BCUT2D eigenvalue weighted by atomic mass is 10.0. The molecule has 0 bridgehead atoms. The van der Waals surface area contributed by atoms with Crippen LogP contribution in [0.3, 0.4) is 0 Å². The Labute approximate surface area is 177 Å². The van der Waals surface area contributed by atoms with Crippen LogP contribution in [0.2, 0.25) is 0 Å². The van der Waals surface area contributed by atoms with Crippen LogP contribution in [0.5, 0.6) is 0 Å². The molecule has 0 N–H and O–H groups in total. The minimum absolute atomic E-state index is 0.0854. The van der Waals surface area contributed by atoms with Crippen LogP contribution in [0, 0.1) is 11.8 Å². The summed E-state index contributed by atoms with van der Waals surface area (Å²) >= 11 is 0. The van der Waals surface area contributed by atoms with Gasteiger partial charge in [-0.15, -0.1) is 0 Å². The number of hydrogen-bond donors (Lipinski definition) is 0. The second-order valence-electron chi connectivity index (χ2n) is 7.67. The van der Waals surface area contributed by atoms with E-state index in [2.05, 4.69) is 66.4 Å². The molecule has 0 radical (unpaired) electrons.